The Hall–Kier alpha value is -3.56. The molecule has 1 saturated heterocycles. The van der Waals surface area contributed by atoms with Gasteiger partial charge < -0.3 is 20.7 Å². The summed E-state index contributed by atoms with van der Waals surface area (Å²) in [5.74, 6) is -1.38. The molecule has 0 saturated carbocycles. The third kappa shape index (κ3) is 5.77. The van der Waals surface area contributed by atoms with Gasteiger partial charge >= 0.3 is 6.18 Å². The number of rotatable bonds is 6. The van der Waals surface area contributed by atoms with Crippen LogP contribution in [0.1, 0.15) is 28.8 Å². The van der Waals surface area contributed by atoms with Gasteiger partial charge in [-0.05, 0) is 49.2 Å². The summed E-state index contributed by atoms with van der Waals surface area (Å²) >= 11 is 0. The summed E-state index contributed by atoms with van der Waals surface area (Å²) < 4.78 is 43.1. The molecule has 3 rings (SSSR count). The monoisotopic (exact) mass is 449 g/mol. The number of para-hydroxylation sites is 1. The molecule has 2 aromatic carbocycles. The van der Waals surface area contributed by atoms with Crippen LogP contribution in [0.2, 0.25) is 0 Å². The Morgan fingerprint density at radius 2 is 1.66 bits per heavy atom. The summed E-state index contributed by atoms with van der Waals surface area (Å²) in [6.45, 7) is 0.315. The molecule has 0 unspecified atom stereocenters. The molecule has 3 amide bonds. The van der Waals surface area contributed by atoms with Gasteiger partial charge in [-0.25, -0.2) is 0 Å². The van der Waals surface area contributed by atoms with Gasteiger partial charge in [0.1, 0.15) is 5.75 Å². The number of piperidine rings is 1. The molecule has 1 heterocycles. The predicted molar refractivity (Wildman–Crippen MR) is 110 cm³/mol. The third-order valence-corrected chi connectivity index (χ3v) is 5.17. The molecule has 170 valence electrons. The van der Waals surface area contributed by atoms with Crippen molar-refractivity contribution in [2.75, 3.05) is 25.0 Å². The number of likely N-dealkylation sites (tertiary alicyclic amines) is 1. The summed E-state index contributed by atoms with van der Waals surface area (Å²) in [6.07, 6.45) is -3.49. The van der Waals surface area contributed by atoms with E-state index >= 15 is 0 Å². The molecule has 2 aromatic rings. The maximum absolute atomic E-state index is 12.9. The van der Waals surface area contributed by atoms with Crippen molar-refractivity contribution in [2.45, 2.75) is 19.0 Å². The molecule has 1 fully saturated rings. The standard InChI is InChI=1S/C22H22F3N3O4/c23-22(24,25)15-5-7-16(8-6-15)32-13-19(29)27-18-4-2-1-3-17(18)21(31)28-11-9-14(10-12-28)20(26)30/h1-8,14H,9-13H2,(H2,26,30)(H,27,29). The fourth-order valence-electron chi connectivity index (χ4n) is 3.39. The highest BCUT2D eigenvalue weighted by molar-refractivity contribution is 6.04. The Morgan fingerprint density at radius 1 is 1.03 bits per heavy atom. The predicted octanol–water partition coefficient (Wildman–Crippen LogP) is 3.06. The number of primary amides is 1. The minimum absolute atomic E-state index is 0.106. The molecule has 0 bridgehead atoms. The molecule has 10 heteroatoms. The highest BCUT2D eigenvalue weighted by atomic mass is 19.4. The molecule has 0 atom stereocenters. The zero-order valence-corrected chi connectivity index (χ0v) is 17.0. The van der Waals surface area contributed by atoms with Crippen LogP contribution < -0.4 is 15.8 Å². The van der Waals surface area contributed by atoms with E-state index < -0.39 is 24.3 Å². The number of alkyl halides is 3. The normalized spacial score (nSPS) is 14.7. The van der Waals surface area contributed by atoms with E-state index in [0.29, 0.717) is 25.9 Å². The average Bonchev–Trinajstić information content (AvgIpc) is 2.77. The van der Waals surface area contributed by atoms with Crippen molar-refractivity contribution in [1.82, 2.24) is 4.90 Å². The molecule has 0 radical (unpaired) electrons. The second kappa shape index (κ2) is 9.71. The van der Waals surface area contributed by atoms with Crippen molar-refractivity contribution in [3.63, 3.8) is 0 Å². The zero-order valence-electron chi connectivity index (χ0n) is 17.0. The number of benzene rings is 2. The largest absolute Gasteiger partial charge is 0.484 e. The number of halogens is 3. The van der Waals surface area contributed by atoms with Gasteiger partial charge in [0.05, 0.1) is 16.8 Å². The Labute approximate surface area is 182 Å². The molecule has 3 N–H and O–H groups in total. The fourth-order valence-corrected chi connectivity index (χ4v) is 3.39. The number of hydrogen-bond acceptors (Lipinski definition) is 4. The quantitative estimate of drug-likeness (QED) is 0.708. The van der Waals surface area contributed by atoms with E-state index in [0.717, 1.165) is 24.3 Å². The van der Waals surface area contributed by atoms with Crippen LogP contribution in [0.25, 0.3) is 0 Å². The number of carbonyl (C=O) groups excluding carboxylic acids is 3. The molecular formula is C22H22F3N3O4. The number of amides is 3. The summed E-state index contributed by atoms with van der Waals surface area (Å²) in [4.78, 5) is 38.1. The maximum Gasteiger partial charge on any atom is 0.416 e. The third-order valence-electron chi connectivity index (χ3n) is 5.17. The Kier molecular flexibility index (Phi) is 7.01. The Morgan fingerprint density at radius 3 is 2.25 bits per heavy atom. The van der Waals surface area contributed by atoms with E-state index in [1.165, 1.54) is 0 Å². The van der Waals surface area contributed by atoms with Crippen LogP contribution in [-0.2, 0) is 15.8 Å². The summed E-state index contributed by atoms with van der Waals surface area (Å²) in [6, 6.07) is 10.5. The molecule has 0 spiro atoms. The minimum Gasteiger partial charge on any atom is -0.484 e. The van der Waals surface area contributed by atoms with Crippen LogP contribution in [0, 0.1) is 5.92 Å². The van der Waals surface area contributed by atoms with Crippen LogP contribution >= 0.6 is 0 Å². The van der Waals surface area contributed by atoms with Crippen LogP contribution in [0.15, 0.2) is 48.5 Å². The van der Waals surface area contributed by atoms with Crippen molar-refractivity contribution < 1.29 is 32.3 Å². The van der Waals surface area contributed by atoms with E-state index in [-0.39, 0.29) is 34.7 Å². The molecule has 1 aliphatic rings. The van der Waals surface area contributed by atoms with E-state index in [1.54, 1.807) is 29.2 Å². The van der Waals surface area contributed by atoms with Crippen molar-refractivity contribution in [1.29, 1.82) is 0 Å². The lowest BCUT2D eigenvalue weighted by Gasteiger charge is -2.31. The summed E-state index contributed by atoms with van der Waals surface area (Å²) in [5.41, 5.74) is 5.08. The fraction of sp³-hybridized carbons (Fsp3) is 0.318. The van der Waals surface area contributed by atoms with Crippen LogP contribution in [0.5, 0.6) is 5.75 Å². The van der Waals surface area contributed by atoms with Gasteiger partial charge in [0, 0.05) is 19.0 Å². The maximum atomic E-state index is 12.9. The molecule has 0 aliphatic carbocycles. The van der Waals surface area contributed by atoms with Gasteiger partial charge in [-0.15, -0.1) is 0 Å². The van der Waals surface area contributed by atoms with Crippen molar-refractivity contribution in [3.8, 4) is 5.75 Å². The van der Waals surface area contributed by atoms with E-state index in [1.807, 2.05) is 0 Å². The second-order valence-corrected chi connectivity index (χ2v) is 7.37. The van der Waals surface area contributed by atoms with E-state index in [9.17, 15) is 27.6 Å². The number of nitrogens with two attached hydrogens (primary N) is 1. The van der Waals surface area contributed by atoms with Gasteiger partial charge in [0.25, 0.3) is 11.8 Å². The van der Waals surface area contributed by atoms with Gasteiger partial charge in [0.15, 0.2) is 6.61 Å². The average molecular weight is 449 g/mol. The molecule has 1 aliphatic heterocycles. The van der Waals surface area contributed by atoms with Crippen LogP contribution in [-0.4, -0.2) is 42.3 Å². The lowest BCUT2D eigenvalue weighted by molar-refractivity contribution is -0.137. The summed E-state index contributed by atoms with van der Waals surface area (Å²) in [7, 11) is 0. The van der Waals surface area contributed by atoms with Gasteiger partial charge in [-0.2, -0.15) is 13.2 Å². The lowest BCUT2D eigenvalue weighted by Crippen LogP contribution is -2.42. The molecule has 32 heavy (non-hydrogen) atoms. The number of hydrogen-bond donors (Lipinski definition) is 2. The highest BCUT2D eigenvalue weighted by Crippen LogP contribution is 2.30. The van der Waals surface area contributed by atoms with E-state index in [4.69, 9.17) is 10.5 Å². The molecule has 7 nitrogen and oxygen atoms in total. The van der Waals surface area contributed by atoms with E-state index in [2.05, 4.69) is 5.32 Å². The Bertz CT molecular complexity index is 985. The minimum atomic E-state index is -4.46. The van der Waals surface area contributed by atoms with Crippen molar-refractivity contribution in [3.05, 3.63) is 59.7 Å². The number of nitrogens with one attached hydrogen (secondary N) is 1. The second-order valence-electron chi connectivity index (χ2n) is 7.37. The first-order chi connectivity index (χ1) is 15.1. The molecular weight excluding hydrogens is 427 g/mol. The number of anilines is 1. The van der Waals surface area contributed by atoms with Crippen LogP contribution in [0.3, 0.4) is 0 Å². The number of ether oxygens (including phenoxy) is 1. The highest BCUT2D eigenvalue weighted by Gasteiger charge is 2.30. The Balaban J connectivity index is 1.59. The first kappa shape index (κ1) is 23.1. The first-order valence-electron chi connectivity index (χ1n) is 9.92. The summed E-state index contributed by atoms with van der Waals surface area (Å²) in [5, 5.41) is 2.60. The number of carbonyl (C=O) groups is 3. The smallest absolute Gasteiger partial charge is 0.416 e. The van der Waals surface area contributed by atoms with Crippen LogP contribution in [0.4, 0.5) is 18.9 Å². The van der Waals surface area contributed by atoms with Crippen molar-refractivity contribution >= 4 is 23.4 Å². The SMILES string of the molecule is NC(=O)C1CCN(C(=O)c2ccccc2NC(=O)COc2ccc(C(F)(F)F)cc2)CC1. The van der Waals surface area contributed by atoms with Crippen molar-refractivity contribution in [2.24, 2.45) is 11.7 Å². The topological polar surface area (TPSA) is 102 Å². The first-order valence-corrected chi connectivity index (χ1v) is 9.92. The number of nitrogens with zero attached hydrogens (tertiary/aromatic N) is 1. The zero-order chi connectivity index (χ0) is 23.3. The van der Waals surface area contributed by atoms with Gasteiger partial charge in [-0.3, -0.25) is 14.4 Å². The molecule has 0 aromatic heterocycles. The van der Waals surface area contributed by atoms with Gasteiger partial charge in [0.2, 0.25) is 5.91 Å². The van der Waals surface area contributed by atoms with Gasteiger partial charge in [-0.1, -0.05) is 12.1 Å². The lowest BCUT2D eigenvalue weighted by atomic mass is 9.95.